The minimum atomic E-state index is -0.589. The summed E-state index contributed by atoms with van der Waals surface area (Å²) in [6, 6.07) is 19.5. The number of aromatic nitrogens is 1. The van der Waals surface area contributed by atoms with Crippen LogP contribution in [0.3, 0.4) is 0 Å². The molecule has 0 unspecified atom stereocenters. The fourth-order valence-electron chi connectivity index (χ4n) is 2.93. The molecule has 8 heteroatoms. The van der Waals surface area contributed by atoms with E-state index in [9.17, 15) is 9.90 Å². The van der Waals surface area contributed by atoms with Gasteiger partial charge >= 0.3 is 0 Å². The molecule has 0 aliphatic heterocycles. The zero-order valence-corrected chi connectivity index (χ0v) is 17.8. The number of azo groups is 1. The van der Waals surface area contributed by atoms with Gasteiger partial charge in [-0.15, -0.1) is 10.2 Å². The Balaban J connectivity index is 1.58. The molecule has 0 fully saturated rings. The zero-order chi connectivity index (χ0) is 21.1. The number of H-pyrrole nitrogens is 1. The quantitative estimate of drug-likeness (QED) is 0.306. The van der Waals surface area contributed by atoms with Crippen molar-refractivity contribution in [3.05, 3.63) is 87.4 Å². The van der Waals surface area contributed by atoms with E-state index in [4.69, 9.17) is 16.3 Å². The van der Waals surface area contributed by atoms with Crippen molar-refractivity contribution in [1.82, 2.24) is 4.98 Å². The van der Waals surface area contributed by atoms with E-state index in [1.54, 1.807) is 42.5 Å². The minimum Gasteiger partial charge on any atom is -0.493 e. The van der Waals surface area contributed by atoms with E-state index in [0.29, 0.717) is 21.7 Å². The van der Waals surface area contributed by atoms with Crippen LogP contribution in [0.5, 0.6) is 11.6 Å². The molecular formula is C22H15BrClN3O3. The molecule has 150 valence electrons. The number of halogens is 2. The molecule has 0 aliphatic rings. The van der Waals surface area contributed by atoms with Gasteiger partial charge in [0.2, 0.25) is 5.88 Å². The average molecular weight is 485 g/mol. The summed E-state index contributed by atoms with van der Waals surface area (Å²) >= 11 is 9.55. The maximum Gasteiger partial charge on any atom is 0.299 e. The van der Waals surface area contributed by atoms with Gasteiger partial charge in [-0.3, -0.25) is 4.79 Å². The highest BCUT2D eigenvalue weighted by Crippen LogP contribution is 2.37. The summed E-state index contributed by atoms with van der Waals surface area (Å²) in [7, 11) is 0. The Morgan fingerprint density at radius 1 is 1.10 bits per heavy atom. The lowest BCUT2D eigenvalue weighted by molar-refractivity contribution is 0.0990. The van der Waals surface area contributed by atoms with Crippen LogP contribution in [-0.2, 0) is 6.61 Å². The Kier molecular flexibility index (Phi) is 5.83. The molecule has 3 aromatic carbocycles. The van der Waals surface area contributed by atoms with Crippen LogP contribution in [0.25, 0.3) is 10.9 Å². The first-order valence-electron chi connectivity index (χ1n) is 8.94. The number of nitrogens with one attached hydrogen (secondary N) is 1. The van der Waals surface area contributed by atoms with Gasteiger partial charge < -0.3 is 14.8 Å². The molecule has 6 nitrogen and oxygen atoms in total. The number of para-hydroxylation sites is 1. The van der Waals surface area contributed by atoms with Crippen LogP contribution in [-0.4, -0.2) is 16.0 Å². The zero-order valence-electron chi connectivity index (χ0n) is 15.5. The molecule has 0 atom stereocenters. The second kappa shape index (κ2) is 8.69. The fourth-order valence-corrected chi connectivity index (χ4v) is 3.48. The van der Waals surface area contributed by atoms with Crippen molar-refractivity contribution in [3.63, 3.8) is 0 Å². The summed E-state index contributed by atoms with van der Waals surface area (Å²) in [5.74, 6) is -0.385. The fraction of sp³-hybridized carbons (Fsp3) is 0.0455. The second-order valence-electron chi connectivity index (χ2n) is 6.39. The number of aromatic hydroxyl groups is 1. The molecule has 0 saturated carbocycles. The van der Waals surface area contributed by atoms with Gasteiger partial charge in [0, 0.05) is 20.4 Å². The van der Waals surface area contributed by atoms with Crippen molar-refractivity contribution < 1.29 is 14.6 Å². The lowest BCUT2D eigenvalue weighted by Crippen LogP contribution is -2.02. The second-order valence-corrected chi connectivity index (χ2v) is 7.72. The van der Waals surface area contributed by atoms with E-state index in [1.165, 1.54) is 0 Å². The third-order valence-corrected chi connectivity index (χ3v) is 5.28. The Labute approximate surface area is 185 Å². The Morgan fingerprint density at radius 3 is 2.70 bits per heavy atom. The Bertz CT molecular complexity index is 1270. The summed E-state index contributed by atoms with van der Waals surface area (Å²) in [5.41, 5.74) is 1.93. The van der Waals surface area contributed by atoms with Crippen molar-refractivity contribution in [2.45, 2.75) is 6.61 Å². The molecule has 0 spiro atoms. The van der Waals surface area contributed by atoms with Gasteiger partial charge in [-0.2, -0.15) is 0 Å². The first-order chi connectivity index (χ1) is 14.5. The first-order valence-corrected chi connectivity index (χ1v) is 10.1. The van der Waals surface area contributed by atoms with Crippen molar-refractivity contribution >= 4 is 50.0 Å². The summed E-state index contributed by atoms with van der Waals surface area (Å²) in [5, 5.41) is 19.1. The molecule has 1 amide bonds. The maximum absolute atomic E-state index is 12.7. The van der Waals surface area contributed by atoms with E-state index in [-0.39, 0.29) is 23.7 Å². The van der Waals surface area contributed by atoms with Crippen LogP contribution in [0.2, 0.25) is 5.02 Å². The number of nitrogens with zero attached hydrogens (tertiary/aromatic N) is 2. The number of hydrogen-bond donors (Lipinski definition) is 2. The standard InChI is InChI=1S/C22H15BrClN3O3/c23-14-9-10-18-16(11-14)20(22(29)25-18)26-27-21(28)15-6-2-4-8-19(15)30-12-13-5-1-3-7-17(13)24/h1-11,25,29H,12H2. The monoisotopic (exact) mass is 483 g/mol. The van der Waals surface area contributed by atoms with E-state index in [0.717, 1.165) is 10.0 Å². The molecule has 1 aromatic heterocycles. The smallest absolute Gasteiger partial charge is 0.299 e. The molecule has 2 N–H and O–H groups in total. The number of ether oxygens (including phenoxy) is 1. The van der Waals surface area contributed by atoms with Crippen molar-refractivity contribution in [3.8, 4) is 11.6 Å². The topological polar surface area (TPSA) is 87.0 Å². The average Bonchev–Trinajstić information content (AvgIpc) is 3.06. The van der Waals surface area contributed by atoms with Crippen LogP contribution in [0.4, 0.5) is 5.69 Å². The molecule has 1 heterocycles. The SMILES string of the molecule is O=C(N=Nc1c(O)[nH]c2ccc(Br)cc12)c1ccccc1OCc1ccccc1Cl. The number of carbonyl (C=O) groups excluding carboxylic acids is 1. The summed E-state index contributed by atoms with van der Waals surface area (Å²) in [4.78, 5) is 15.5. The number of amides is 1. The third-order valence-electron chi connectivity index (χ3n) is 4.41. The van der Waals surface area contributed by atoms with E-state index < -0.39 is 5.91 Å². The van der Waals surface area contributed by atoms with E-state index >= 15 is 0 Å². The summed E-state index contributed by atoms with van der Waals surface area (Å²) in [6.45, 7) is 0.207. The Hall–Kier alpha value is -3.16. The van der Waals surface area contributed by atoms with Gasteiger partial charge in [-0.1, -0.05) is 57.9 Å². The van der Waals surface area contributed by atoms with Gasteiger partial charge in [0.1, 0.15) is 12.4 Å². The van der Waals surface area contributed by atoms with Gasteiger partial charge in [0.15, 0.2) is 5.69 Å². The first kappa shape index (κ1) is 20.1. The predicted octanol–water partition coefficient (Wildman–Crippen LogP) is 6.79. The largest absolute Gasteiger partial charge is 0.493 e. The van der Waals surface area contributed by atoms with Crippen LogP contribution < -0.4 is 4.74 Å². The number of benzene rings is 3. The predicted molar refractivity (Wildman–Crippen MR) is 119 cm³/mol. The van der Waals surface area contributed by atoms with Crippen LogP contribution in [0, 0.1) is 0 Å². The molecule has 0 aliphatic carbocycles. The van der Waals surface area contributed by atoms with Crippen molar-refractivity contribution in [2.24, 2.45) is 10.2 Å². The lowest BCUT2D eigenvalue weighted by atomic mass is 10.2. The molecule has 4 aromatic rings. The normalized spacial score (nSPS) is 11.3. The lowest BCUT2D eigenvalue weighted by Gasteiger charge is -2.10. The molecular weight excluding hydrogens is 470 g/mol. The van der Waals surface area contributed by atoms with Crippen LogP contribution >= 0.6 is 27.5 Å². The molecule has 0 bridgehead atoms. The van der Waals surface area contributed by atoms with Gasteiger partial charge in [0.25, 0.3) is 5.91 Å². The van der Waals surface area contributed by atoms with E-state index in [2.05, 4.69) is 31.1 Å². The van der Waals surface area contributed by atoms with Crippen molar-refractivity contribution in [2.75, 3.05) is 0 Å². The summed E-state index contributed by atoms with van der Waals surface area (Å²) < 4.78 is 6.62. The number of fused-ring (bicyclic) bond motifs is 1. The number of aromatic amines is 1. The van der Waals surface area contributed by atoms with E-state index in [1.807, 2.05) is 24.3 Å². The number of carbonyl (C=O) groups is 1. The highest BCUT2D eigenvalue weighted by atomic mass is 79.9. The highest BCUT2D eigenvalue weighted by Gasteiger charge is 2.15. The van der Waals surface area contributed by atoms with Crippen LogP contribution in [0.15, 0.2) is 81.4 Å². The van der Waals surface area contributed by atoms with Gasteiger partial charge in [0.05, 0.1) is 11.1 Å². The minimum absolute atomic E-state index is 0.164. The number of rotatable bonds is 5. The van der Waals surface area contributed by atoms with Crippen molar-refractivity contribution in [1.29, 1.82) is 0 Å². The Morgan fingerprint density at radius 2 is 1.87 bits per heavy atom. The number of hydrogen-bond acceptors (Lipinski definition) is 4. The highest BCUT2D eigenvalue weighted by molar-refractivity contribution is 9.10. The maximum atomic E-state index is 12.7. The van der Waals surface area contributed by atoms with Crippen LogP contribution in [0.1, 0.15) is 15.9 Å². The molecule has 0 saturated heterocycles. The third kappa shape index (κ3) is 4.22. The van der Waals surface area contributed by atoms with Gasteiger partial charge in [-0.25, -0.2) is 0 Å². The molecule has 0 radical (unpaired) electrons. The van der Waals surface area contributed by atoms with Gasteiger partial charge in [-0.05, 0) is 36.4 Å². The summed E-state index contributed by atoms with van der Waals surface area (Å²) in [6.07, 6.45) is 0. The molecule has 4 rings (SSSR count). The molecule has 30 heavy (non-hydrogen) atoms.